The van der Waals surface area contributed by atoms with Gasteiger partial charge >= 0.3 is 5.97 Å². The second kappa shape index (κ2) is 12.0. The lowest BCUT2D eigenvalue weighted by molar-refractivity contribution is 0.0526. The molecular weight excluding hydrogens is 444 g/mol. The fraction of sp³-hybridized carbons (Fsp3) is 0.458. The lowest BCUT2D eigenvalue weighted by Gasteiger charge is -2.14. The van der Waals surface area contributed by atoms with Crippen LogP contribution >= 0.6 is 23.6 Å². The SMILES string of the molecule is CCCCCOc1ccccc1C(=O)NC(=S)Nc1sc2c(c1C(=O)OCC)CCCC2. The van der Waals surface area contributed by atoms with Crippen molar-refractivity contribution in [1.29, 1.82) is 0 Å². The summed E-state index contributed by atoms with van der Waals surface area (Å²) in [4.78, 5) is 26.7. The molecule has 6 nitrogen and oxygen atoms in total. The second-order valence-corrected chi connectivity index (χ2v) is 9.11. The number of carbonyl (C=O) groups is 2. The molecule has 1 amide bonds. The summed E-state index contributed by atoms with van der Waals surface area (Å²) in [5.74, 6) is -0.176. The van der Waals surface area contributed by atoms with E-state index in [-0.39, 0.29) is 17.0 Å². The number of nitrogens with one attached hydrogen (secondary N) is 2. The second-order valence-electron chi connectivity index (χ2n) is 7.60. The smallest absolute Gasteiger partial charge is 0.341 e. The maximum Gasteiger partial charge on any atom is 0.341 e. The van der Waals surface area contributed by atoms with Gasteiger partial charge in [0.1, 0.15) is 10.8 Å². The third kappa shape index (κ3) is 6.07. The number of benzene rings is 1. The topological polar surface area (TPSA) is 76.7 Å². The van der Waals surface area contributed by atoms with Gasteiger partial charge in [-0.05, 0) is 68.9 Å². The molecule has 2 N–H and O–H groups in total. The van der Waals surface area contributed by atoms with Gasteiger partial charge in [0.05, 0.1) is 24.3 Å². The standard InChI is InChI=1S/C24H30N2O4S2/c1-3-5-10-15-30-18-13-8-6-11-16(18)21(27)25-24(31)26-22-20(23(28)29-4-2)17-12-7-9-14-19(17)32-22/h6,8,11,13H,3-5,7,9-10,12,14-15H2,1-2H3,(H2,25,26,27,31). The predicted octanol–water partition coefficient (Wildman–Crippen LogP) is 5.50. The molecule has 1 heterocycles. The van der Waals surface area contributed by atoms with Crippen molar-refractivity contribution < 1.29 is 19.1 Å². The zero-order chi connectivity index (χ0) is 22.9. The maximum absolute atomic E-state index is 12.9. The summed E-state index contributed by atoms with van der Waals surface area (Å²) in [6.07, 6.45) is 7.06. The number of ether oxygens (including phenoxy) is 2. The molecule has 1 aliphatic rings. The molecule has 0 aliphatic heterocycles. The Balaban J connectivity index is 1.71. The molecule has 1 aromatic carbocycles. The zero-order valence-corrected chi connectivity index (χ0v) is 20.3. The highest BCUT2D eigenvalue weighted by atomic mass is 32.1. The van der Waals surface area contributed by atoms with Crippen LogP contribution in [0.2, 0.25) is 0 Å². The van der Waals surface area contributed by atoms with Crippen LogP contribution < -0.4 is 15.4 Å². The fourth-order valence-electron chi connectivity index (χ4n) is 3.69. The summed E-state index contributed by atoms with van der Waals surface area (Å²) in [6.45, 7) is 4.78. The Bertz CT molecular complexity index is 971. The van der Waals surface area contributed by atoms with E-state index in [2.05, 4.69) is 17.6 Å². The van der Waals surface area contributed by atoms with Gasteiger partial charge in [0.15, 0.2) is 5.11 Å². The number of thiocarbonyl (C=S) groups is 1. The van der Waals surface area contributed by atoms with E-state index < -0.39 is 0 Å². The van der Waals surface area contributed by atoms with Crippen LogP contribution in [0, 0.1) is 0 Å². The van der Waals surface area contributed by atoms with E-state index in [4.69, 9.17) is 21.7 Å². The first-order valence-electron chi connectivity index (χ1n) is 11.2. The first kappa shape index (κ1) is 24.2. The molecule has 0 radical (unpaired) electrons. The summed E-state index contributed by atoms with van der Waals surface area (Å²) in [5.41, 5.74) is 2.01. The van der Waals surface area contributed by atoms with Crippen molar-refractivity contribution in [2.75, 3.05) is 18.5 Å². The summed E-state index contributed by atoms with van der Waals surface area (Å²) < 4.78 is 11.1. The number of unbranched alkanes of at least 4 members (excludes halogenated alkanes) is 2. The highest BCUT2D eigenvalue weighted by Gasteiger charge is 2.27. The number of esters is 1. The number of fused-ring (bicyclic) bond motifs is 1. The van der Waals surface area contributed by atoms with E-state index in [1.807, 2.05) is 6.07 Å². The van der Waals surface area contributed by atoms with Gasteiger partial charge < -0.3 is 14.8 Å². The first-order valence-corrected chi connectivity index (χ1v) is 12.4. The average molecular weight is 475 g/mol. The number of thiophene rings is 1. The van der Waals surface area contributed by atoms with Crippen molar-refractivity contribution in [2.45, 2.75) is 58.8 Å². The quantitative estimate of drug-likeness (QED) is 0.284. The zero-order valence-electron chi connectivity index (χ0n) is 18.6. The molecule has 2 aromatic rings. The molecule has 172 valence electrons. The normalized spacial score (nSPS) is 12.6. The minimum Gasteiger partial charge on any atom is -0.493 e. The minimum atomic E-state index is -0.354. The van der Waals surface area contributed by atoms with Crippen LogP contribution in [0.25, 0.3) is 0 Å². The van der Waals surface area contributed by atoms with Gasteiger partial charge in [-0.25, -0.2) is 4.79 Å². The lowest BCUT2D eigenvalue weighted by Crippen LogP contribution is -2.34. The van der Waals surface area contributed by atoms with E-state index in [1.54, 1.807) is 25.1 Å². The highest BCUT2D eigenvalue weighted by Crippen LogP contribution is 2.38. The van der Waals surface area contributed by atoms with Crippen molar-refractivity contribution in [2.24, 2.45) is 0 Å². The van der Waals surface area contributed by atoms with Crippen molar-refractivity contribution in [3.8, 4) is 5.75 Å². The number of hydrogen-bond donors (Lipinski definition) is 2. The highest BCUT2D eigenvalue weighted by molar-refractivity contribution is 7.80. The molecule has 32 heavy (non-hydrogen) atoms. The number of para-hydroxylation sites is 1. The average Bonchev–Trinajstić information content (AvgIpc) is 3.14. The summed E-state index contributed by atoms with van der Waals surface area (Å²) in [6, 6.07) is 7.12. The third-order valence-corrected chi connectivity index (χ3v) is 6.65. The molecule has 0 unspecified atom stereocenters. The van der Waals surface area contributed by atoms with Gasteiger partial charge in [0.25, 0.3) is 5.91 Å². The molecule has 0 spiro atoms. The minimum absolute atomic E-state index is 0.139. The number of amides is 1. The molecule has 0 bridgehead atoms. The van der Waals surface area contributed by atoms with Gasteiger partial charge in [0, 0.05) is 4.88 Å². The van der Waals surface area contributed by atoms with Gasteiger partial charge in [-0.2, -0.15) is 0 Å². The number of aryl methyl sites for hydroxylation is 1. The molecule has 0 saturated heterocycles. The van der Waals surface area contributed by atoms with Crippen LogP contribution in [0.3, 0.4) is 0 Å². The Morgan fingerprint density at radius 2 is 1.91 bits per heavy atom. The molecule has 3 rings (SSSR count). The Hall–Kier alpha value is -2.45. The third-order valence-electron chi connectivity index (χ3n) is 5.24. The van der Waals surface area contributed by atoms with E-state index in [0.29, 0.717) is 35.1 Å². The predicted molar refractivity (Wildman–Crippen MR) is 132 cm³/mol. The summed E-state index contributed by atoms with van der Waals surface area (Å²) in [7, 11) is 0. The van der Waals surface area contributed by atoms with Crippen LogP contribution in [0.4, 0.5) is 5.00 Å². The van der Waals surface area contributed by atoms with Gasteiger partial charge in [-0.1, -0.05) is 31.9 Å². The Morgan fingerprint density at radius 3 is 2.69 bits per heavy atom. The van der Waals surface area contributed by atoms with E-state index in [9.17, 15) is 9.59 Å². The first-order chi connectivity index (χ1) is 15.5. The van der Waals surface area contributed by atoms with Crippen LogP contribution in [0.15, 0.2) is 24.3 Å². The molecule has 8 heteroatoms. The van der Waals surface area contributed by atoms with Crippen LogP contribution in [0.5, 0.6) is 5.75 Å². The van der Waals surface area contributed by atoms with Gasteiger partial charge in [-0.15, -0.1) is 11.3 Å². The van der Waals surface area contributed by atoms with E-state index in [0.717, 1.165) is 50.5 Å². The van der Waals surface area contributed by atoms with Crippen molar-refractivity contribution in [3.05, 3.63) is 45.8 Å². The Labute approximate surface area is 198 Å². The van der Waals surface area contributed by atoms with Crippen molar-refractivity contribution in [3.63, 3.8) is 0 Å². The molecule has 0 saturated carbocycles. The lowest BCUT2D eigenvalue weighted by atomic mass is 9.95. The molecule has 1 aromatic heterocycles. The van der Waals surface area contributed by atoms with E-state index in [1.165, 1.54) is 16.2 Å². The number of anilines is 1. The largest absolute Gasteiger partial charge is 0.493 e. The number of carbonyl (C=O) groups excluding carboxylic acids is 2. The van der Waals surface area contributed by atoms with Crippen LogP contribution in [0.1, 0.15) is 77.1 Å². The van der Waals surface area contributed by atoms with Gasteiger partial charge in [-0.3, -0.25) is 10.1 Å². The number of hydrogen-bond acceptors (Lipinski definition) is 6. The molecule has 0 fully saturated rings. The van der Waals surface area contributed by atoms with Gasteiger partial charge in [0.2, 0.25) is 0 Å². The summed E-state index contributed by atoms with van der Waals surface area (Å²) in [5, 5.41) is 6.55. The van der Waals surface area contributed by atoms with Crippen LogP contribution in [-0.4, -0.2) is 30.2 Å². The summed E-state index contributed by atoms with van der Waals surface area (Å²) >= 11 is 6.91. The maximum atomic E-state index is 12.9. The Morgan fingerprint density at radius 1 is 1.12 bits per heavy atom. The van der Waals surface area contributed by atoms with Crippen molar-refractivity contribution in [1.82, 2.24) is 5.32 Å². The van der Waals surface area contributed by atoms with Crippen LogP contribution in [-0.2, 0) is 17.6 Å². The fourth-order valence-corrected chi connectivity index (χ4v) is 5.23. The monoisotopic (exact) mass is 474 g/mol. The Kier molecular flexibility index (Phi) is 9.05. The van der Waals surface area contributed by atoms with E-state index >= 15 is 0 Å². The molecule has 1 aliphatic carbocycles. The molecular formula is C24H30N2O4S2. The molecule has 0 atom stereocenters. The van der Waals surface area contributed by atoms with Crippen molar-refractivity contribution >= 4 is 45.5 Å². The number of rotatable bonds is 9.